The topological polar surface area (TPSA) is 87.0 Å². The van der Waals surface area contributed by atoms with Crippen molar-refractivity contribution in [3.63, 3.8) is 0 Å². The normalized spacial score (nSPS) is 29.7. The number of hydrogen-bond donors (Lipinski definition) is 3. The van der Waals surface area contributed by atoms with Gasteiger partial charge in [-0.1, -0.05) is 54.7 Å². The van der Waals surface area contributed by atoms with E-state index in [-0.39, 0.29) is 18.5 Å². The highest BCUT2D eigenvalue weighted by Gasteiger charge is 2.08. The zero-order valence-corrected chi connectivity index (χ0v) is 16.0. The smallest absolute Gasteiger partial charge is 0.331 e. The summed E-state index contributed by atoms with van der Waals surface area (Å²) >= 11 is 0. The predicted molar refractivity (Wildman–Crippen MR) is 107 cm³/mol. The minimum absolute atomic E-state index is 0.178. The van der Waals surface area contributed by atoms with Crippen LogP contribution in [0, 0.1) is 0 Å². The van der Waals surface area contributed by atoms with Crippen LogP contribution in [0.4, 0.5) is 0 Å². The van der Waals surface area contributed by atoms with Gasteiger partial charge in [0.25, 0.3) is 0 Å². The molecule has 150 valence electrons. The molecule has 0 aromatic rings. The molecule has 4 atom stereocenters. The molecule has 3 N–H and O–H groups in total. The Labute approximate surface area is 162 Å². The third-order valence-electron chi connectivity index (χ3n) is 4.02. The molecule has 1 aliphatic rings. The minimum atomic E-state index is -0.684. The number of esters is 1. The van der Waals surface area contributed by atoms with Gasteiger partial charge in [-0.2, -0.15) is 0 Å². The average molecular weight is 376 g/mol. The Morgan fingerprint density at radius 3 is 2.48 bits per heavy atom. The largest absolute Gasteiger partial charge is 0.460 e. The van der Waals surface area contributed by atoms with Gasteiger partial charge in [0.2, 0.25) is 0 Å². The third kappa shape index (κ3) is 12.9. The summed E-state index contributed by atoms with van der Waals surface area (Å²) in [4.78, 5) is 11.7. The average Bonchev–Trinajstić information content (AvgIpc) is 2.60. The molecular formula is C22H32O5. The van der Waals surface area contributed by atoms with Crippen molar-refractivity contribution in [3.05, 3.63) is 60.8 Å². The van der Waals surface area contributed by atoms with Crippen LogP contribution in [0.3, 0.4) is 0 Å². The van der Waals surface area contributed by atoms with Gasteiger partial charge >= 0.3 is 5.97 Å². The second-order valence-electron chi connectivity index (χ2n) is 6.70. The molecule has 0 saturated heterocycles. The van der Waals surface area contributed by atoms with E-state index in [1.54, 1.807) is 42.5 Å². The molecule has 0 aromatic heterocycles. The van der Waals surface area contributed by atoms with Crippen molar-refractivity contribution < 1.29 is 24.9 Å². The van der Waals surface area contributed by atoms with Crippen LogP contribution in [0.25, 0.3) is 0 Å². The van der Waals surface area contributed by atoms with Crippen LogP contribution in [-0.2, 0) is 9.53 Å². The summed E-state index contributed by atoms with van der Waals surface area (Å²) in [6.45, 7) is 1.85. The van der Waals surface area contributed by atoms with Gasteiger partial charge in [0.1, 0.15) is 0 Å². The van der Waals surface area contributed by atoms with E-state index in [0.29, 0.717) is 12.8 Å². The first kappa shape index (κ1) is 23.1. The molecule has 0 radical (unpaired) electrons. The van der Waals surface area contributed by atoms with Crippen molar-refractivity contribution in [2.24, 2.45) is 0 Å². The van der Waals surface area contributed by atoms with E-state index in [0.717, 1.165) is 19.3 Å². The molecule has 4 unspecified atom stereocenters. The lowest BCUT2D eigenvalue weighted by Crippen LogP contribution is -2.15. The number of rotatable bonds is 0. The van der Waals surface area contributed by atoms with Crippen LogP contribution in [0.2, 0.25) is 0 Å². The molecule has 5 nitrogen and oxygen atoms in total. The summed E-state index contributed by atoms with van der Waals surface area (Å²) in [5, 5.41) is 29.7. The number of cyclic esters (lactones) is 1. The molecule has 1 heterocycles. The highest BCUT2D eigenvalue weighted by Crippen LogP contribution is 2.09. The lowest BCUT2D eigenvalue weighted by Gasteiger charge is -2.12. The van der Waals surface area contributed by atoms with Gasteiger partial charge in [0.15, 0.2) is 0 Å². The maximum Gasteiger partial charge on any atom is 0.331 e. The third-order valence-corrected chi connectivity index (χ3v) is 4.02. The lowest BCUT2D eigenvalue weighted by atomic mass is 10.1. The van der Waals surface area contributed by atoms with Gasteiger partial charge in [-0.3, -0.25) is 0 Å². The molecule has 0 amide bonds. The van der Waals surface area contributed by atoms with E-state index in [1.165, 1.54) is 6.08 Å². The SMILES string of the molecule is CC1CCCC=CC(O)CC(O)CC=CC=CC(O)CC=CC=CC(=O)O1. The summed E-state index contributed by atoms with van der Waals surface area (Å²) in [5.41, 5.74) is 0. The number of aliphatic hydroxyl groups is 3. The number of ether oxygens (including phenoxy) is 1. The minimum Gasteiger partial charge on any atom is -0.460 e. The van der Waals surface area contributed by atoms with Gasteiger partial charge in [0.05, 0.1) is 24.4 Å². The first-order valence-electron chi connectivity index (χ1n) is 9.55. The van der Waals surface area contributed by atoms with Crippen molar-refractivity contribution in [1.29, 1.82) is 0 Å². The molecule has 0 fully saturated rings. The number of aliphatic hydroxyl groups excluding tert-OH is 3. The first-order valence-corrected chi connectivity index (χ1v) is 9.55. The van der Waals surface area contributed by atoms with Crippen molar-refractivity contribution in [2.75, 3.05) is 0 Å². The van der Waals surface area contributed by atoms with Gasteiger partial charge in [-0.15, -0.1) is 0 Å². The fraction of sp³-hybridized carbons (Fsp3) is 0.500. The quantitative estimate of drug-likeness (QED) is 0.447. The summed E-state index contributed by atoms with van der Waals surface area (Å²) in [6.07, 6.45) is 18.4. The highest BCUT2D eigenvalue weighted by molar-refractivity contribution is 5.82. The van der Waals surface area contributed by atoms with Crippen LogP contribution in [-0.4, -0.2) is 45.7 Å². The van der Waals surface area contributed by atoms with Crippen LogP contribution >= 0.6 is 0 Å². The second kappa shape index (κ2) is 14.2. The Morgan fingerprint density at radius 2 is 1.67 bits per heavy atom. The zero-order valence-electron chi connectivity index (χ0n) is 16.0. The molecule has 0 bridgehead atoms. The van der Waals surface area contributed by atoms with Crippen molar-refractivity contribution in [1.82, 2.24) is 0 Å². The maximum absolute atomic E-state index is 11.7. The van der Waals surface area contributed by atoms with Gasteiger partial charge in [-0.25, -0.2) is 4.79 Å². The van der Waals surface area contributed by atoms with Gasteiger partial charge in [-0.05, 0) is 39.0 Å². The molecule has 0 aliphatic carbocycles. The summed E-state index contributed by atoms with van der Waals surface area (Å²) in [7, 11) is 0. The Morgan fingerprint density at radius 1 is 0.926 bits per heavy atom. The van der Waals surface area contributed by atoms with Gasteiger partial charge in [0, 0.05) is 12.5 Å². The standard InChI is InChI=1S/C22H32O5/c1-18-11-5-2-8-14-20(24)17-21(25)15-9-3-6-12-19(23)13-7-4-10-16-22(26)27-18/h3-4,6-10,12,14,16,18-21,23-25H,2,5,11,13,15,17H2,1H3. The molecule has 0 spiro atoms. The number of hydrogen-bond acceptors (Lipinski definition) is 5. The van der Waals surface area contributed by atoms with E-state index in [1.807, 2.05) is 19.1 Å². The highest BCUT2D eigenvalue weighted by atomic mass is 16.5. The summed E-state index contributed by atoms with van der Waals surface area (Å²) in [5.74, 6) is -0.389. The Bertz CT molecular complexity index is 559. The van der Waals surface area contributed by atoms with Crippen LogP contribution in [0.15, 0.2) is 60.8 Å². The predicted octanol–water partition coefficient (Wildman–Crippen LogP) is 3.14. The molecule has 1 rings (SSSR count). The van der Waals surface area contributed by atoms with Crippen LogP contribution < -0.4 is 0 Å². The molecule has 0 saturated carbocycles. The molecule has 5 heteroatoms. The van der Waals surface area contributed by atoms with E-state index in [4.69, 9.17) is 4.74 Å². The Kier molecular flexibility index (Phi) is 12.1. The van der Waals surface area contributed by atoms with E-state index in [9.17, 15) is 20.1 Å². The van der Waals surface area contributed by atoms with Crippen molar-refractivity contribution in [2.45, 2.75) is 69.9 Å². The van der Waals surface area contributed by atoms with E-state index in [2.05, 4.69) is 0 Å². The van der Waals surface area contributed by atoms with Crippen molar-refractivity contribution in [3.8, 4) is 0 Å². The van der Waals surface area contributed by atoms with Crippen LogP contribution in [0.1, 0.15) is 45.4 Å². The lowest BCUT2D eigenvalue weighted by molar-refractivity contribution is -0.142. The second-order valence-corrected chi connectivity index (χ2v) is 6.70. The van der Waals surface area contributed by atoms with E-state index < -0.39 is 18.3 Å². The summed E-state index contributed by atoms with van der Waals surface area (Å²) < 4.78 is 5.28. The van der Waals surface area contributed by atoms with Crippen molar-refractivity contribution >= 4 is 5.97 Å². The van der Waals surface area contributed by atoms with Crippen LogP contribution in [0.5, 0.6) is 0 Å². The summed E-state index contributed by atoms with van der Waals surface area (Å²) in [6, 6.07) is 0. The van der Waals surface area contributed by atoms with E-state index >= 15 is 0 Å². The molecule has 1 aliphatic heterocycles. The number of carbonyl (C=O) groups is 1. The zero-order chi connectivity index (χ0) is 19.9. The maximum atomic E-state index is 11.7. The molecule has 27 heavy (non-hydrogen) atoms. The fourth-order valence-electron chi connectivity index (χ4n) is 2.54. The number of carbonyl (C=O) groups excluding carboxylic acids is 1. The molecular weight excluding hydrogens is 344 g/mol. The van der Waals surface area contributed by atoms with Gasteiger partial charge < -0.3 is 20.1 Å². The Balaban J connectivity index is 2.65. The number of allylic oxidation sites excluding steroid dienone is 5. The fourth-order valence-corrected chi connectivity index (χ4v) is 2.54. The first-order chi connectivity index (χ1) is 13.0. The Hall–Kier alpha value is -1.95. The monoisotopic (exact) mass is 376 g/mol. The molecule has 0 aromatic carbocycles.